The van der Waals surface area contributed by atoms with Crippen molar-refractivity contribution in [2.24, 2.45) is 4.99 Å². The molecule has 1 aromatic carbocycles. The van der Waals surface area contributed by atoms with Gasteiger partial charge in [-0.1, -0.05) is 6.07 Å². The lowest BCUT2D eigenvalue weighted by Crippen LogP contribution is -2.52. The number of aromatic amines is 1. The van der Waals surface area contributed by atoms with Crippen molar-refractivity contribution in [1.29, 1.82) is 0 Å². The first-order chi connectivity index (χ1) is 17.1. The zero-order valence-corrected chi connectivity index (χ0v) is 20.6. The fraction of sp³-hybridized carbons (Fsp3) is 0.320. The van der Waals surface area contributed by atoms with Gasteiger partial charge in [-0.05, 0) is 45.4 Å². The van der Waals surface area contributed by atoms with E-state index >= 15 is 0 Å². The number of aryl methyl sites for hydroxylation is 3. The molecule has 0 bridgehead atoms. The summed E-state index contributed by atoms with van der Waals surface area (Å²) in [5.74, 6) is 0.360. The Morgan fingerprint density at radius 1 is 1.22 bits per heavy atom. The number of urea groups is 1. The normalized spacial score (nSPS) is 19.5. The molecule has 3 aromatic rings. The third-order valence-corrected chi connectivity index (χ3v) is 6.66. The second kappa shape index (κ2) is 8.36. The number of imide groups is 1. The van der Waals surface area contributed by atoms with Crippen LogP contribution in [0.3, 0.4) is 0 Å². The maximum atomic E-state index is 13.2. The highest BCUT2D eigenvalue weighted by molar-refractivity contribution is 6.08. The van der Waals surface area contributed by atoms with Crippen LogP contribution >= 0.6 is 0 Å². The summed E-state index contributed by atoms with van der Waals surface area (Å²) in [7, 11) is 1.53. The van der Waals surface area contributed by atoms with Crippen LogP contribution in [0.2, 0.25) is 0 Å². The Hall–Kier alpha value is -4.41. The molecule has 11 heteroatoms. The Labute approximate surface area is 206 Å². The van der Waals surface area contributed by atoms with Gasteiger partial charge in [0, 0.05) is 35.1 Å². The highest BCUT2D eigenvalue weighted by Gasteiger charge is 2.53. The number of hydrogen-bond donors (Lipinski definition) is 3. The van der Waals surface area contributed by atoms with Crippen LogP contribution in [-0.4, -0.2) is 52.3 Å². The molecule has 36 heavy (non-hydrogen) atoms. The Kier molecular flexibility index (Phi) is 5.42. The van der Waals surface area contributed by atoms with Crippen molar-refractivity contribution in [3.8, 4) is 5.75 Å². The highest BCUT2D eigenvalue weighted by atomic mass is 16.5. The van der Waals surface area contributed by atoms with Crippen molar-refractivity contribution in [1.82, 2.24) is 25.7 Å². The van der Waals surface area contributed by atoms with E-state index in [1.54, 1.807) is 25.1 Å². The van der Waals surface area contributed by atoms with E-state index in [4.69, 9.17) is 14.1 Å². The van der Waals surface area contributed by atoms with Crippen molar-refractivity contribution in [2.75, 3.05) is 13.7 Å². The maximum absolute atomic E-state index is 13.2. The number of nitrogens with zero attached hydrogens (tertiary/aromatic N) is 3. The van der Waals surface area contributed by atoms with Crippen LogP contribution < -0.4 is 15.4 Å². The number of methoxy groups -OCH3 is 1. The van der Waals surface area contributed by atoms with Crippen molar-refractivity contribution in [2.45, 2.75) is 39.8 Å². The van der Waals surface area contributed by atoms with Crippen LogP contribution in [0.5, 0.6) is 5.75 Å². The van der Waals surface area contributed by atoms with Gasteiger partial charge >= 0.3 is 6.03 Å². The molecule has 0 unspecified atom stereocenters. The van der Waals surface area contributed by atoms with Crippen LogP contribution in [-0.2, 0) is 16.9 Å². The molecule has 2 aliphatic rings. The molecular weight excluding hydrogens is 464 g/mol. The lowest BCUT2D eigenvalue weighted by atomic mass is 9.95. The van der Waals surface area contributed by atoms with E-state index < -0.39 is 17.5 Å². The van der Waals surface area contributed by atoms with Crippen LogP contribution in [0.1, 0.15) is 51.3 Å². The zero-order valence-electron chi connectivity index (χ0n) is 20.6. The van der Waals surface area contributed by atoms with Crippen molar-refractivity contribution in [3.05, 3.63) is 63.9 Å². The number of nitrogens with one attached hydrogen (secondary N) is 3. The van der Waals surface area contributed by atoms with E-state index in [2.05, 4.69) is 20.8 Å². The van der Waals surface area contributed by atoms with E-state index in [0.29, 0.717) is 22.8 Å². The number of amides is 4. The molecule has 1 saturated heterocycles. The van der Waals surface area contributed by atoms with E-state index in [1.165, 1.54) is 12.0 Å². The largest absolute Gasteiger partial charge is 0.497 e. The molecule has 2 aliphatic heterocycles. The summed E-state index contributed by atoms with van der Waals surface area (Å²) in [6.07, 6.45) is 0. The van der Waals surface area contributed by atoms with Crippen molar-refractivity contribution in [3.63, 3.8) is 0 Å². The second-order valence-electron chi connectivity index (χ2n) is 9.06. The molecule has 11 nitrogen and oxygen atoms in total. The summed E-state index contributed by atoms with van der Waals surface area (Å²) in [6.45, 7) is 7.57. The molecule has 0 saturated carbocycles. The molecule has 4 heterocycles. The smallest absolute Gasteiger partial charge is 0.322 e. The monoisotopic (exact) mass is 490 g/mol. The molecule has 0 radical (unpaired) electrons. The second-order valence-corrected chi connectivity index (χ2v) is 9.06. The summed E-state index contributed by atoms with van der Waals surface area (Å²) in [6, 6.07) is 6.24. The Morgan fingerprint density at radius 2 is 2.00 bits per heavy atom. The molecule has 0 aliphatic carbocycles. The van der Waals surface area contributed by atoms with Gasteiger partial charge < -0.3 is 19.4 Å². The summed E-state index contributed by atoms with van der Waals surface area (Å²) in [5.41, 5.74) is 3.54. The summed E-state index contributed by atoms with van der Waals surface area (Å²) in [4.78, 5) is 44.8. The van der Waals surface area contributed by atoms with Gasteiger partial charge in [0.05, 0.1) is 19.3 Å². The molecule has 186 valence electrons. The van der Waals surface area contributed by atoms with Gasteiger partial charge in [0.15, 0.2) is 5.54 Å². The third kappa shape index (κ3) is 3.63. The predicted molar refractivity (Wildman–Crippen MR) is 129 cm³/mol. The van der Waals surface area contributed by atoms with Gasteiger partial charge in [0.25, 0.3) is 11.8 Å². The van der Waals surface area contributed by atoms with E-state index in [1.807, 2.05) is 26.8 Å². The van der Waals surface area contributed by atoms with Gasteiger partial charge in [-0.25, -0.2) is 9.79 Å². The molecule has 0 spiro atoms. The molecule has 1 atom stereocenters. The molecular formula is C25H26N6O5. The number of benzene rings is 1. The van der Waals surface area contributed by atoms with Crippen LogP contribution in [0.15, 0.2) is 33.7 Å². The third-order valence-electron chi connectivity index (χ3n) is 6.66. The number of carbonyl (C=O) groups is 3. The number of fused-ring (bicyclic) bond motifs is 1. The number of rotatable bonds is 6. The number of aromatic nitrogens is 2. The van der Waals surface area contributed by atoms with Crippen LogP contribution in [0, 0.1) is 20.8 Å². The lowest BCUT2D eigenvalue weighted by Gasteiger charge is -2.29. The summed E-state index contributed by atoms with van der Waals surface area (Å²) < 4.78 is 11.2. The minimum Gasteiger partial charge on any atom is -0.497 e. The predicted octanol–water partition coefficient (Wildman–Crippen LogP) is 2.77. The lowest BCUT2D eigenvalue weighted by molar-refractivity contribution is -0.125. The Bertz CT molecular complexity index is 1430. The molecule has 3 N–H and O–H groups in total. The van der Waals surface area contributed by atoms with Crippen molar-refractivity contribution < 1.29 is 23.5 Å². The number of hydrogen-bond acceptors (Lipinski definition) is 7. The van der Waals surface area contributed by atoms with Crippen LogP contribution in [0.4, 0.5) is 10.5 Å². The average Bonchev–Trinajstić information content (AvgIpc) is 3.54. The Balaban J connectivity index is 1.51. The van der Waals surface area contributed by atoms with Crippen molar-refractivity contribution >= 4 is 29.2 Å². The standard InChI is InChI=1S/C25H26N6O5/c1-12(21-13(2)29-30-14(21)3)26-19-9-20(36-15(19)4)25(23(33)27-24(34)28-25)11-31-10-16-6-7-17(35-5)8-18(16)22(31)32/h6-9H,10-11H2,1-5H3,(H,29,30)(H2,27,28,33,34)/t25-/m0/s1. The fourth-order valence-electron chi connectivity index (χ4n) is 4.85. The molecule has 1 fully saturated rings. The summed E-state index contributed by atoms with van der Waals surface area (Å²) >= 11 is 0. The van der Waals surface area contributed by atoms with Crippen LogP contribution in [0.25, 0.3) is 0 Å². The van der Waals surface area contributed by atoms with Gasteiger partial charge in [0.1, 0.15) is 23.0 Å². The number of ether oxygens (including phenoxy) is 1. The minimum atomic E-state index is -1.60. The zero-order chi connectivity index (χ0) is 25.8. The first-order valence-corrected chi connectivity index (χ1v) is 11.4. The maximum Gasteiger partial charge on any atom is 0.322 e. The molecule has 2 aromatic heterocycles. The average molecular weight is 491 g/mol. The van der Waals surface area contributed by atoms with E-state index in [9.17, 15) is 14.4 Å². The van der Waals surface area contributed by atoms with Gasteiger partial charge in [-0.15, -0.1) is 0 Å². The highest BCUT2D eigenvalue weighted by Crippen LogP contribution is 2.36. The molecule has 5 rings (SSSR count). The SMILES string of the molecule is COc1ccc2c(c1)C(=O)N(C[C@@]1(c3cc(N=C(C)c4c(C)n[nH]c4C)c(C)o3)NC(=O)NC1=O)C2. The number of aliphatic imine (C=N–C) groups is 1. The number of carbonyl (C=O) groups excluding carboxylic acids is 3. The van der Waals surface area contributed by atoms with Gasteiger partial charge in [0.2, 0.25) is 0 Å². The van der Waals surface area contributed by atoms with Gasteiger partial charge in [-0.2, -0.15) is 5.10 Å². The first kappa shape index (κ1) is 23.3. The first-order valence-electron chi connectivity index (χ1n) is 11.4. The topological polar surface area (TPSA) is 142 Å². The van der Waals surface area contributed by atoms with E-state index in [-0.39, 0.29) is 24.8 Å². The minimum absolute atomic E-state index is 0.116. The Morgan fingerprint density at radius 3 is 2.64 bits per heavy atom. The van der Waals surface area contributed by atoms with Gasteiger partial charge in [-0.3, -0.25) is 20.0 Å². The number of furan rings is 1. The van der Waals surface area contributed by atoms with E-state index in [0.717, 1.165) is 28.2 Å². The fourth-order valence-corrected chi connectivity index (χ4v) is 4.85. The molecule has 4 amide bonds. The summed E-state index contributed by atoms with van der Waals surface area (Å²) in [5, 5.41) is 12.1. The number of H-pyrrole nitrogens is 1. The quantitative estimate of drug-likeness (QED) is 0.358.